The van der Waals surface area contributed by atoms with E-state index in [2.05, 4.69) is 9.97 Å². The molecule has 140 valence electrons. The van der Waals surface area contributed by atoms with Crippen molar-refractivity contribution in [3.8, 4) is 5.88 Å². The van der Waals surface area contributed by atoms with E-state index in [0.717, 1.165) is 5.69 Å². The lowest BCUT2D eigenvalue weighted by molar-refractivity contribution is 0.129. The zero-order valence-corrected chi connectivity index (χ0v) is 16.6. The van der Waals surface area contributed by atoms with Crippen LogP contribution in [0.5, 0.6) is 5.88 Å². The van der Waals surface area contributed by atoms with Crippen LogP contribution in [-0.4, -0.2) is 41.9 Å². The Hall–Kier alpha value is -1.70. The van der Waals surface area contributed by atoms with Crippen LogP contribution in [0.15, 0.2) is 29.2 Å². The van der Waals surface area contributed by atoms with E-state index in [1.54, 1.807) is 25.1 Å². The summed E-state index contributed by atoms with van der Waals surface area (Å²) >= 11 is 5.99. The molecule has 8 heteroatoms. The molecule has 0 atom stereocenters. The maximum atomic E-state index is 12.9. The predicted molar refractivity (Wildman–Crippen MR) is 100 cm³/mol. The number of aromatic nitrogens is 2. The third-order valence-corrected chi connectivity index (χ3v) is 6.67. The number of hydrogen-bond donors (Lipinski definition) is 0. The number of rotatable bonds is 4. The van der Waals surface area contributed by atoms with Crippen molar-refractivity contribution in [2.75, 3.05) is 13.1 Å². The van der Waals surface area contributed by atoms with Crippen molar-refractivity contribution in [2.45, 2.75) is 44.6 Å². The summed E-state index contributed by atoms with van der Waals surface area (Å²) in [5.41, 5.74) is 1.55. The summed E-state index contributed by atoms with van der Waals surface area (Å²) in [7, 11) is -3.56. The van der Waals surface area contributed by atoms with Crippen molar-refractivity contribution in [2.24, 2.45) is 0 Å². The molecule has 0 amide bonds. The first-order chi connectivity index (χ1) is 12.3. The van der Waals surface area contributed by atoms with Crippen LogP contribution in [0.25, 0.3) is 0 Å². The van der Waals surface area contributed by atoms with Gasteiger partial charge in [-0.2, -0.15) is 9.29 Å². The number of benzene rings is 1. The van der Waals surface area contributed by atoms with E-state index in [0.29, 0.717) is 48.2 Å². The van der Waals surface area contributed by atoms with Crippen molar-refractivity contribution in [3.63, 3.8) is 0 Å². The van der Waals surface area contributed by atoms with Gasteiger partial charge in [0.15, 0.2) is 0 Å². The molecule has 3 rings (SSSR count). The van der Waals surface area contributed by atoms with Crippen LogP contribution in [-0.2, 0) is 10.0 Å². The Bertz CT molecular complexity index is 890. The third-order valence-electron chi connectivity index (χ3n) is 4.40. The lowest BCUT2D eigenvalue weighted by Crippen LogP contribution is -2.42. The molecule has 26 heavy (non-hydrogen) atoms. The molecule has 0 aliphatic carbocycles. The lowest BCUT2D eigenvalue weighted by atomic mass is 10.1. The normalized spacial score (nSPS) is 16.6. The summed E-state index contributed by atoms with van der Waals surface area (Å²) in [5, 5.41) is 0.418. The number of nitrogens with zero attached hydrogens (tertiary/aromatic N) is 3. The summed E-state index contributed by atoms with van der Waals surface area (Å²) in [4.78, 5) is 8.79. The molecular formula is C18H22ClN3O3S. The van der Waals surface area contributed by atoms with Gasteiger partial charge in [-0.1, -0.05) is 17.7 Å². The monoisotopic (exact) mass is 395 g/mol. The first-order valence-corrected chi connectivity index (χ1v) is 10.3. The summed E-state index contributed by atoms with van der Waals surface area (Å²) in [6, 6.07) is 6.74. The van der Waals surface area contributed by atoms with E-state index in [-0.39, 0.29) is 11.0 Å². The van der Waals surface area contributed by atoms with Gasteiger partial charge in [-0.15, -0.1) is 0 Å². The maximum Gasteiger partial charge on any atom is 0.243 e. The van der Waals surface area contributed by atoms with Gasteiger partial charge in [-0.25, -0.2) is 13.4 Å². The lowest BCUT2D eigenvalue weighted by Gasteiger charge is -2.31. The van der Waals surface area contributed by atoms with Crippen molar-refractivity contribution in [1.29, 1.82) is 0 Å². The van der Waals surface area contributed by atoms with Gasteiger partial charge in [0.1, 0.15) is 11.9 Å². The van der Waals surface area contributed by atoms with Gasteiger partial charge >= 0.3 is 0 Å². The average Bonchev–Trinajstić information content (AvgIpc) is 2.56. The second-order valence-electron chi connectivity index (χ2n) is 6.53. The fourth-order valence-electron chi connectivity index (χ4n) is 3.10. The van der Waals surface area contributed by atoms with Crippen LogP contribution >= 0.6 is 11.6 Å². The largest absolute Gasteiger partial charge is 0.474 e. The van der Waals surface area contributed by atoms with Crippen molar-refractivity contribution < 1.29 is 13.2 Å². The molecule has 1 aromatic carbocycles. The SMILES string of the molecule is Cc1cc(OC2CCN(S(=O)(=O)c3cc(Cl)ccc3C)CC2)nc(C)n1. The standard InChI is InChI=1S/C18H22ClN3O3S/c1-12-4-5-15(19)11-17(12)26(23,24)22-8-6-16(7-9-22)25-18-10-13(2)20-14(3)21-18/h4-5,10-11,16H,6-9H2,1-3H3. The Kier molecular flexibility index (Phi) is 5.50. The molecule has 1 aromatic heterocycles. The molecule has 1 fully saturated rings. The van der Waals surface area contributed by atoms with Crippen molar-refractivity contribution in [1.82, 2.24) is 14.3 Å². The second-order valence-corrected chi connectivity index (χ2v) is 8.87. The molecular weight excluding hydrogens is 374 g/mol. The second kappa shape index (κ2) is 7.50. The maximum absolute atomic E-state index is 12.9. The highest BCUT2D eigenvalue weighted by Gasteiger charge is 2.31. The van der Waals surface area contributed by atoms with Gasteiger partial charge in [0.25, 0.3) is 0 Å². The fourth-order valence-corrected chi connectivity index (χ4v) is 5.05. The Balaban J connectivity index is 1.69. The number of halogens is 1. The van der Waals surface area contributed by atoms with Gasteiger partial charge < -0.3 is 4.74 Å². The van der Waals surface area contributed by atoms with Crippen LogP contribution < -0.4 is 4.74 Å². The highest BCUT2D eigenvalue weighted by atomic mass is 35.5. The fraction of sp³-hybridized carbons (Fsp3) is 0.444. The first-order valence-electron chi connectivity index (χ1n) is 8.51. The number of aryl methyl sites for hydroxylation is 3. The molecule has 0 radical (unpaired) electrons. The summed E-state index contributed by atoms with van der Waals surface area (Å²) in [6.07, 6.45) is 1.16. The van der Waals surface area contributed by atoms with Gasteiger partial charge in [0.05, 0.1) is 4.90 Å². The van der Waals surface area contributed by atoms with E-state index in [4.69, 9.17) is 16.3 Å². The molecule has 6 nitrogen and oxygen atoms in total. The van der Waals surface area contributed by atoms with Crippen molar-refractivity contribution in [3.05, 3.63) is 46.4 Å². The number of sulfonamides is 1. The molecule has 0 N–H and O–H groups in total. The van der Waals surface area contributed by atoms with Crippen LogP contribution in [0.2, 0.25) is 5.02 Å². The van der Waals surface area contributed by atoms with E-state index >= 15 is 0 Å². The number of hydrogen-bond acceptors (Lipinski definition) is 5. The molecule has 0 bridgehead atoms. The van der Waals surface area contributed by atoms with Gasteiger partial charge in [-0.05, 0) is 51.3 Å². The third kappa shape index (κ3) is 4.16. The van der Waals surface area contributed by atoms with E-state index in [1.807, 2.05) is 13.8 Å². The minimum absolute atomic E-state index is 0.0596. The Labute approximate surface area is 159 Å². The van der Waals surface area contributed by atoms with Crippen LogP contribution in [0.4, 0.5) is 0 Å². The van der Waals surface area contributed by atoms with Gasteiger partial charge in [-0.3, -0.25) is 0 Å². The zero-order chi connectivity index (χ0) is 18.9. The van der Waals surface area contributed by atoms with E-state index in [9.17, 15) is 8.42 Å². The molecule has 0 unspecified atom stereocenters. The summed E-state index contributed by atoms with van der Waals surface area (Å²) in [5.74, 6) is 1.21. The van der Waals surface area contributed by atoms with Gasteiger partial charge in [0, 0.05) is 29.9 Å². The van der Waals surface area contributed by atoms with Gasteiger partial charge in [0.2, 0.25) is 15.9 Å². The zero-order valence-electron chi connectivity index (χ0n) is 15.1. The molecule has 1 aliphatic heterocycles. The number of ether oxygens (including phenoxy) is 1. The quantitative estimate of drug-likeness (QED) is 0.794. The highest BCUT2D eigenvalue weighted by molar-refractivity contribution is 7.89. The van der Waals surface area contributed by atoms with Crippen molar-refractivity contribution >= 4 is 21.6 Å². The Morgan fingerprint density at radius 3 is 2.46 bits per heavy atom. The molecule has 0 spiro atoms. The summed E-state index contributed by atoms with van der Waals surface area (Å²) in [6.45, 7) is 6.30. The number of piperidine rings is 1. The topological polar surface area (TPSA) is 72.4 Å². The average molecular weight is 396 g/mol. The van der Waals surface area contributed by atoms with Crippen LogP contribution in [0.3, 0.4) is 0 Å². The Morgan fingerprint density at radius 1 is 1.12 bits per heavy atom. The molecule has 2 heterocycles. The summed E-state index contributed by atoms with van der Waals surface area (Å²) < 4.78 is 33.3. The molecule has 1 saturated heterocycles. The molecule has 2 aromatic rings. The van der Waals surface area contributed by atoms with E-state index < -0.39 is 10.0 Å². The van der Waals surface area contributed by atoms with E-state index in [1.165, 1.54) is 10.4 Å². The minimum Gasteiger partial charge on any atom is -0.474 e. The van der Waals surface area contributed by atoms with Crippen LogP contribution in [0, 0.1) is 20.8 Å². The molecule has 0 saturated carbocycles. The minimum atomic E-state index is -3.56. The van der Waals surface area contributed by atoms with Crippen LogP contribution in [0.1, 0.15) is 29.9 Å². The predicted octanol–water partition coefficient (Wildman–Crippen LogP) is 3.29. The smallest absolute Gasteiger partial charge is 0.243 e. The molecule has 1 aliphatic rings. The highest BCUT2D eigenvalue weighted by Crippen LogP contribution is 2.27. The first kappa shape index (κ1) is 19.1. The Morgan fingerprint density at radius 2 is 1.81 bits per heavy atom.